The van der Waals surface area contributed by atoms with E-state index in [0.29, 0.717) is 35.5 Å². The molecule has 7 heteroatoms. The number of halogens is 3. The zero-order chi connectivity index (χ0) is 16.6. The number of thiocarbonyl (C=S) groups is 1. The SMILES string of the molecule is O=C1/C(=C\c2ccc(Cl)cc2Cl)SC(=S)N1c1ccc(Cl)cc1. The van der Waals surface area contributed by atoms with Crippen LogP contribution in [-0.4, -0.2) is 10.2 Å². The van der Waals surface area contributed by atoms with Gasteiger partial charge in [-0.15, -0.1) is 0 Å². The third kappa shape index (κ3) is 3.57. The maximum Gasteiger partial charge on any atom is 0.270 e. The van der Waals surface area contributed by atoms with Crippen molar-refractivity contribution in [2.75, 3.05) is 4.90 Å². The quantitative estimate of drug-likeness (QED) is 0.452. The van der Waals surface area contributed by atoms with E-state index in [1.165, 1.54) is 16.7 Å². The smallest absolute Gasteiger partial charge is 0.268 e. The first-order chi connectivity index (χ1) is 11.0. The fourth-order valence-corrected chi connectivity index (χ4v) is 3.92. The second kappa shape index (κ2) is 6.83. The molecule has 1 amide bonds. The molecule has 2 nitrogen and oxygen atoms in total. The maximum absolute atomic E-state index is 12.6. The van der Waals surface area contributed by atoms with E-state index in [0.717, 1.165) is 0 Å². The average molecular weight is 401 g/mol. The van der Waals surface area contributed by atoms with Crippen molar-refractivity contribution in [3.8, 4) is 0 Å². The Morgan fingerprint density at radius 2 is 1.65 bits per heavy atom. The lowest BCUT2D eigenvalue weighted by atomic mass is 10.2. The molecule has 2 aromatic carbocycles. The number of rotatable bonds is 2. The molecule has 0 aliphatic carbocycles. The molecule has 2 aromatic rings. The van der Waals surface area contributed by atoms with Crippen LogP contribution >= 0.6 is 58.8 Å². The van der Waals surface area contributed by atoms with E-state index in [4.69, 9.17) is 47.0 Å². The molecular formula is C16H8Cl3NOS2. The number of nitrogens with zero attached hydrogens (tertiary/aromatic N) is 1. The molecule has 0 aromatic heterocycles. The van der Waals surface area contributed by atoms with E-state index in [1.54, 1.807) is 48.5 Å². The number of hydrogen-bond acceptors (Lipinski definition) is 3. The Labute approximate surface area is 158 Å². The van der Waals surface area contributed by atoms with Crippen molar-refractivity contribution in [2.45, 2.75) is 0 Å². The largest absolute Gasteiger partial charge is 0.270 e. The Morgan fingerprint density at radius 3 is 2.30 bits per heavy atom. The highest BCUT2D eigenvalue weighted by Gasteiger charge is 2.33. The third-order valence-corrected chi connectivity index (χ3v) is 5.24. The second-order valence-corrected chi connectivity index (χ2v) is 7.62. The fourth-order valence-electron chi connectivity index (χ4n) is 2.04. The number of thioether (sulfide) groups is 1. The number of carbonyl (C=O) groups is 1. The fraction of sp³-hybridized carbons (Fsp3) is 0. The number of hydrogen-bond donors (Lipinski definition) is 0. The van der Waals surface area contributed by atoms with Gasteiger partial charge < -0.3 is 0 Å². The lowest BCUT2D eigenvalue weighted by Gasteiger charge is -2.14. The number of anilines is 1. The molecule has 1 heterocycles. The molecule has 1 fully saturated rings. The molecule has 0 saturated carbocycles. The summed E-state index contributed by atoms with van der Waals surface area (Å²) in [5.41, 5.74) is 1.40. The van der Waals surface area contributed by atoms with Gasteiger partial charge in [0.15, 0.2) is 4.32 Å². The van der Waals surface area contributed by atoms with Gasteiger partial charge in [0.1, 0.15) is 0 Å². The summed E-state index contributed by atoms with van der Waals surface area (Å²) in [6.07, 6.45) is 1.72. The van der Waals surface area contributed by atoms with Crippen LogP contribution in [0.2, 0.25) is 15.1 Å². The monoisotopic (exact) mass is 399 g/mol. The van der Waals surface area contributed by atoms with Crippen molar-refractivity contribution < 1.29 is 4.79 Å². The second-order valence-electron chi connectivity index (χ2n) is 4.66. The number of benzene rings is 2. The van der Waals surface area contributed by atoms with E-state index < -0.39 is 0 Å². The highest BCUT2D eigenvalue weighted by atomic mass is 35.5. The summed E-state index contributed by atoms with van der Waals surface area (Å²) in [4.78, 5) is 14.6. The summed E-state index contributed by atoms with van der Waals surface area (Å²) < 4.78 is 0.466. The molecule has 23 heavy (non-hydrogen) atoms. The molecule has 1 saturated heterocycles. The van der Waals surface area contributed by atoms with Gasteiger partial charge in [0.2, 0.25) is 0 Å². The number of carbonyl (C=O) groups excluding carboxylic acids is 1. The molecule has 0 unspecified atom stereocenters. The van der Waals surface area contributed by atoms with Gasteiger partial charge in [-0.3, -0.25) is 9.69 Å². The molecule has 3 rings (SSSR count). The van der Waals surface area contributed by atoms with E-state index >= 15 is 0 Å². The molecule has 116 valence electrons. The minimum absolute atomic E-state index is 0.187. The van der Waals surface area contributed by atoms with Crippen LogP contribution in [-0.2, 0) is 4.79 Å². The van der Waals surface area contributed by atoms with Crippen LogP contribution in [0.1, 0.15) is 5.56 Å². The summed E-state index contributed by atoms with van der Waals surface area (Å²) >= 11 is 24.5. The van der Waals surface area contributed by atoms with Gasteiger partial charge in [-0.25, -0.2) is 0 Å². The van der Waals surface area contributed by atoms with Crippen LogP contribution in [0.5, 0.6) is 0 Å². The Hall–Kier alpha value is -1.04. The van der Waals surface area contributed by atoms with Crippen molar-refractivity contribution >= 4 is 80.8 Å². The van der Waals surface area contributed by atoms with Crippen LogP contribution in [0, 0.1) is 0 Å². The Morgan fingerprint density at radius 1 is 1.00 bits per heavy atom. The summed E-state index contributed by atoms with van der Waals surface area (Å²) in [6, 6.07) is 12.1. The first-order valence-electron chi connectivity index (χ1n) is 6.44. The predicted octanol–water partition coefficient (Wildman–Crippen LogP) is 6.05. The maximum atomic E-state index is 12.6. The van der Waals surface area contributed by atoms with E-state index in [9.17, 15) is 4.79 Å². The lowest BCUT2D eigenvalue weighted by molar-refractivity contribution is -0.113. The minimum Gasteiger partial charge on any atom is -0.268 e. The van der Waals surface area contributed by atoms with Gasteiger partial charge in [0.25, 0.3) is 5.91 Å². The molecule has 0 N–H and O–H groups in total. The first-order valence-corrected chi connectivity index (χ1v) is 8.80. The van der Waals surface area contributed by atoms with Crippen LogP contribution in [0.4, 0.5) is 5.69 Å². The van der Waals surface area contributed by atoms with E-state index in [2.05, 4.69) is 0 Å². The Balaban J connectivity index is 1.94. The number of amides is 1. The van der Waals surface area contributed by atoms with Gasteiger partial charge >= 0.3 is 0 Å². The zero-order valence-corrected chi connectivity index (χ0v) is 15.3. The van der Waals surface area contributed by atoms with Gasteiger partial charge in [-0.2, -0.15) is 0 Å². The van der Waals surface area contributed by atoms with Crippen LogP contribution in [0.25, 0.3) is 6.08 Å². The lowest BCUT2D eigenvalue weighted by Crippen LogP contribution is -2.27. The molecule has 1 aliphatic heterocycles. The van der Waals surface area contributed by atoms with Crippen LogP contribution in [0.3, 0.4) is 0 Å². The first kappa shape index (κ1) is 16.8. The van der Waals surface area contributed by atoms with Gasteiger partial charge in [-0.1, -0.05) is 64.8 Å². The molecule has 0 atom stereocenters. The topological polar surface area (TPSA) is 20.3 Å². The van der Waals surface area contributed by atoms with Crippen molar-refractivity contribution in [3.05, 3.63) is 68.0 Å². The molecule has 0 radical (unpaired) electrons. The predicted molar refractivity (Wildman–Crippen MR) is 104 cm³/mol. The van der Waals surface area contributed by atoms with Gasteiger partial charge in [0, 0.05) is 15.1 Å². The Kier molecular flexibility index (Phi) is 4.99. The summed E-state index contributed by atoms with van der Waals surface area (Å²) in [6.45, 7) is 0. The van der Waals surface area contributed by atoms with Crippen molar-refractivity contribution in [3.63, 3.8) is 0 Å². The van der Waals surface area contributed by atoms with Crippen LogP contribution < -0.4 is 4.90 Å². The van der Waals surface area contributed by atoms with Crippen LogP contribution in [0.15, 0.2) is 47.4 Å². The molecular weight excluding hydrogens is 393 g/mol. The summed E-state index contributed by atoms with van der Waals surface area (Å²) in [5, 5.41) is 1.62. The van der Waals surface area contributed by atoms with Crippen molar-refractivity contribution in [2.24, 2.45) is 0 Å². The highest BCUT2D eigenvalue weighted by Crippen LogP contribution is 2.37. The average Bonchev–Trinajstić information content (AvgIpc) is 2.78. The molecule has 0 spiro atoms. The Bertz CT molecular complexity index is 834. The minimum atomic E-state index is -0.187. The summed E-state index contributed by atoms with van der Waals surface area (Å²) in [5.74, 6) is -0.187. The zero-order valence-electron chi connectivity index (χ0n) is 11.4. The molecule has 0 bridgehead atoms. The van der Waals surface area contributed by atoms with Crippen molar-refractivity contribution in [1.82, 2.24) is 0 Å². The van der Waals surface area contributed by atoms with Gasteiger partial charge in [0.05, 0.1) is 10.6 Å². The molecule has 1 aliphatic rings. The highest BCUT2D eigenvalue weighted by molar-refractivity contribution is 8.27. The van der Waals surface area contributed by atoms with E-state index in [1.807, 2.05) is 0 Å². The summed E-state index contributed by atoms with van der Waals surface area (Å²) in [7, 11) is 0. The van der Waals surface area contributed by atoms with E-state index in [-0.39, 0.29) is 5.91 Å². The third-order valence-electron chi connectivity index (χ3n) is 3.13. The normalized spacial score (nSPS) is 16.5. The standard InChI is InChI=1S/C16H8Cl3NOS2/c17-10-3-5-12(6-4-10)20-15(21)14(23-16(20)22)7-9-1-2-11(18)8-13(9)19/h1-8H/b14-7+. The van der Waals surface area contributed by atoms with Crippen molar-refractivity contribution in [1.29, 1.82) is 0 Å². The van der Waals surface area contributed by atoms with Gasteiger partial charge in [-0.05, 0) is 48.0 Å².